The van der Waals surface area contributed by atoms with Gasteiger partial charge in [-0.05, 0) is 25.6 Å². The summed E-state index contributed by atoms with van der Waals surface area (Å²) >= 11 is 1.69. The van der Waals surface area contributed by atoms with Gasteiger partial charge in [0.25, 0.3) is 0 Å². The van der Waals surface area contributed by atoms with E-state index < -0.39 is 0 Å². The lowest BCUT2D eigenvalue weighted by Crippen LogP contribution is -2.25. The second kappa shape index (κ2) is 6.68. The number of thioether (sulfide) groups is 1. The molecule has 0 spiro atoms. The number of nitrogens with one attached hydrogen (secondary N) is 1. The topological polar surface area (TPSA) is 37.8 Å². The molecule has 0 radical (unpaired) electrons. The molecule has 1 heterocycles. The van der Waals surface area contributed by atoms with E-state index in [1.165, 1.54) is 11.1 Å². The van der Waals surface area contributed by atoms with Gasteiger partial charge in [-0.3, -0.25) is 0 Å². The van der Waals surface area contributed by atoms with Gasteiger partial charge in [0.15, 0.2) is 5.16 Å². The molecule has 100 valence electrons. The number of aromatic nitrogens is 2. The normalized spacial score (nSPS) is 14.1. The standard InChI is InChI=1S/C15H19N3S/c1-11-5-7-13(8-6-11)14(16-3)12(2)19-15-17-9-4-10-18-15/h4-10,12,14,16H,1-3H3. The van der Waals surface area contributed by atoms with Gasteiger partial charge in [0.1, 0.15) is 0 Å². The van der Waals surface area contributed by atoms with E-state index in [1.54, 1.807) is 24.2 Å². The lowest BCUT2D eigenvalue weighted by molar-refractivity contribution is 0.588. The van der Waals surface area contributed by atoms with E-state index in [9.17, 15) is 0 Å². The molecule has 0 fully saturated rings. The minimum atomic E-state index is 0.286. The second-order valence-corrected chi connectivity index (χ2v) is 5.88. The van der Waals surface area contributed by atoms with E-state index in [1.807, 2.05) is 13.1 Å². The molecule has 1 N–H and O–H groups in total. The number of hydrogen-bond donors (Lipinski definition) is 1. The first-order valence-electron chi connectivity index (χ1n) is 6.38. The van der Waals surface area contributed by atoms with Crippen LogP contribution in [0.15, 0.2) is 47.9 Å². The van der Waals surface area contributed by atoms with E-state index in [0.717, 1.165) is 5.16 Å². The summed E-state index contributed by atoms with van der Waals surface area (Å²) in [5.74, 6) is 0. The van der Waals surface area contributed by atoms with Crippen molar-refractivity contribution in [1.29, 1.82) is 0 Å². The molecule has 2 atom stereocenters. The number of nitrogens with zero attached hydrogens (tertiary/aromatic N) is 2. The van der Waals surface area contributed by atoms with E-state index in [0.29, 0.717) is 5.25 Å². The average Bonchev–Trinajstić information content (AvgIpc) is 2.43. The van der Waals surface area contributed by atoms with Crippen molar-refractivity contribution in [2.24, 2.45) is 0 Å². The Morgan fingerprint density at radius 1 is 1.11 bits per heavy atom. The minimum Gasteiger partial charge on any atom is -0.312 e. The second-order valence-electron chi connectivity index (χ2n) is 4.53. The van der Waals surface area contributed by atoms with Gasteiger partial charge >= 0.3 is 0 Å². The third-order valence-corrected chi connectivity index (χ3v) is 4.12. The lowest BCUT2D eigenvalue weighted by Gasteiger charge is -2.23. The van der Waals surface area contributed by atoms with E-state index in [4.69, 9.17) is 0 Å². The first-order chi connectivity index (χ1) is 9.20. The highest BCUT2D eigenvalue weighted by Gasteiger charge is 2.19. The van der Waals surface area contributed by atoms with Crippen LogP contribution in [0.5, 0.6) is 0 Å². The summed E-state index contributed by atoms with van der Waals surface area (Å²) in [6, 6.07) is 10.8. The van der Waals surface area contributed by atoms with Crippen molar-refractivity contribution < 1.29 is 0 Å². The monoisotopic (exact) mass is 273 g/mol. The molecule has 1 aromatic carbocycles. The van der Waals surface area contributed by atoms with E-state index in [-0.39, 0.29) is 6.04 Å². The van der Waals surface area contributed by atoms with Gasteiger partial charge < -0.3 is 5.32 Å². The highest BCUT2D eigenvalue weighted by molar-refractivity contribution is 7.99. The number of benzene rings is 1. The van der Waals surface area contributed by atoms with Crippen molar-refractivity contribution in [2.75, 3.05) is 7.05 Å². The first-order valence-corrected chi connectivity index (χ1v) is 7.26. The molecule has 0 aliphatic heterocycles. The van der Waals surface area contributed by atoms with Crippen LogP contribution in [0.4, 0.5) is 0 Å². The minimum absolute atomic E-state index is 0.286. The quantitative estimate of drug-likeness (QED) is 0.670. The first kappa shape index (κ1) is 14.0. The van der Waals surface area contributed by atoms with Crippen LogP contribution >= 0.6 is 11.8 Å². The molecule has 0 saturated carbocycles. The Hall–Kier alpha value is -1.39. The maximum absolute atomic E-state index is 4.27. The zero-order valence-electron chi connectivity index (χ0n) is 11.5. The van der Waals surface area contributed by atoms with Crippen LogP contribution in [0, 0.1) is 6.92 Å². The summed E-state index contributed by atoms with van der Waals surface area (Å²) in [6.45, 7) is 4.30. The van der Waals surface area contributed by atoms with Crippen LogP contribution in [0.3, 0.4) is 0 Å². The fourth-order valence-corrected chi connectivity index (χ4v) is 3.03. The zero-order valence-corrected chi connectivity index (χ0v) is 12.3. The number of aryl methyl sites for hydroxylation is 1. The van der Waals surface area contributed by atoms with Crippen LogP contribution in [-0.2, 0) is 0 Å². The largest absolute Gasteiger partial charge is 0.312 e. The molecular formula is C15H19N3S. The number of hydrogen-bond acceptors (Lipinski definition) is 4. The van der Waals surface area contributed by atoms with Crippen LogP contribution < -0.4 is 5.32 Å². The fraction of sp³-hybridized carbons (Fsp3) is 0.333. The summed E-state index contributed by atoms with van der Waals surface area (Å²) in [4.78, 5) is 8.53. The van der Waals surface area contributed by atoms with Crippen molar-refractivity contribution in [3.63, 3.8) is 0 Å². The van der Waals surface area contributed by atoms with E-state index in [2.05, 4.69) is 53.4 Å². The highest BCUT2D eigenvalue weighted by atomic mass is 32.2. The van der Waals surface area contributed by atoms with E-state index >= 15 is 0 Å². The Morgan fingerprint density at radius 2 is 1.74 bits per heavy atom. The zero-order chi connectivity index (χ0) is 13.7. The molecule has 2 unspecified atom stereocenters. The Morgan fingerprint density at radius 3 is 2.32 bits per heavy atom. The predicted molar refractivity (Wildman–Crippen MR) is 80.3 cm³/mol. The molecule has 0 aliphatic rings. The van der Waals surface area contributed by atoms with Gasteiger partial charge in [0, 0.05) is 23.7 Å². The molecule has 0 bridgehead atoms. The summed E-state index contributed by atoms with van der Waals surface area (Å²) in [7, 11) is 1.99. The Bertz CT molecular complexity index is 499. The highest BCUT2D eigenvalue weighted by Crippen LogP contribution is 2.29. The van der Waals surface area contributed by atoms with Crippen molar-refractivity contribution >= 4 is 11.8 Å². The van der Waals surface area contributed by atoms with Crippen molar-refractivity contribution in [3.05, 3.63) is 53.9 Å². The van der Waals surface area contributed by atoms with Crippen LogP contribution in [0.1, 0.15) is 24.1 Å². The fourth-order valence-electron chi connectivity index (χ4n) is 2.03. The Kier molecular flexibility index (Phi) is 4.93. The maximum atomic E-state index is 4.27. The summed E-state index contributed by atoms with van der Waals surface area (Å²) in [5.41, 5.74) is 2.58. The Balaban J connectivity index is 2.11. The molecule has 0 aliphatic carbocycles. The molecule has 2 rings (SSSR count). The van der Waals surface area contributed by atoms with Crippen LogP contribution in [0.25, 0.3) is 0 Å². The molecule has 0 saturated heterocycles. The number of rotatable bonds is 5. The van der Waals surface area contributed by atoms with Gasteiger partial charge in [-0.1, -0.05) is 48.5 Å². The third kappa shape index (κ3) is 3.78. The van der Waals surface area contributed by atoms with Gasteiger partial charge in [0.05, 0.1) is 0 Å². The van der Waals surface area contributed by atoms with Gasteiger partial charge in [-0.2, -0.15) is 0 Å². The third-order valence-electron chi connectivity index (χ3n) is 3.05. The van der Waals surface area contributed by atoms with Crippen molar-refractivity contribution in [2.45, 2.75) is 30.3 Å². The summed E-state index contributed by atoms with van der Waals surface area (Å²) < 4.78 is 0. The summed E-state index contributed by atoms with van der Waals surface area (Å²) in [6.07, 6.45) is 3.56. The van der Waals surface area contributed by atoms with Crippen molar-refractivity contribution in [3.8, 4) is 0 Å². The Labute approximate surface area is 118 Å². The SMILES string of the molecule is CNC(c1ccc(C)cc1)C(C)Sc1ncccn1. The average molecular weight is 273 g/mol. The smallest absolute Gasteiger partial charge is 0.187 e. The van der Waals surface area contributed by atoms with Gasteiger partial charge in [-0.15, -0.1) is 0 Å². The predicted octanol–water partition coefficient (Wildman–Crippen LogP) is 3.23. The molecule has 3 nitrogen and oxygen atoms in total. The van der Waals surface area contributed by atoms with Crippen LogP contribution in [-0.4, -0.2) is 22.3 Å². The molecule has 4 heteroatoms. The van der Waals surface area contributed by atoms with Crippen molar-refractivity contribution in [1.82, 2.24) is 15.3 Å². The van der Waals surface area contributed by atoms with Gasteiger partial charge in [-0.25, -0.2) is 9.97 Å². The molecule has 2 aromatic rings. The lowest BCUT2D eigenvalue weighted by atomic mass is 10.0. The maximum Gasteiger partial charge on any atom is 0.187 e. The molecular weight excluding hydrogens is 254 g/mol. The van der Waals surface area contributed by atoms with Crippen LogP contribution in [0.2, 0.25) is 0 Å². The summed E-state index contributed by atoms with van der Waals surface area (Å²) in [5, 5.41) is 4.56. The molecule has 1 aromatic heterocycles. The molecule has 0 amide bonds. The molecule has 19 heavy (non-hydrogen) atoms. The van der Waals surface area contributed by atoms with Gasteiger partial charge in [0.2, 0.25) is 0 Å².